The molecule has 1 heteroatoms. The van der Waals surface area contributed by atoms with Crippen LogP contribution in [0.4, 0.5) is 0 Å². The number of aliphatic hydroxyl groups excluding tert-OH is 1. The first-order chi connectivity index (χ1) is 8.18. The average molecular weight is 226 g/mol. The Bertz CT molecular complexity index is 457. The lowest BCUT2D eigenvalue weighted by atomic mass is 9.96. The second-order valence-corrected chi connectivity index (χ2v) is 4.68. The molecule has 0 aromatic heterocycles. The van der Waals surface area contributed by atoms with Crippen LogP contribution in [0.25, 0.3) is 11.1 Å². The second-order valence-electron chi connectivity index (χ2n) is 4.68. The third kappa shape index (κ3) is 2.75. The zero-order valence-electron chi connectivity index (χ0n) is 10.3. The zero-order valence-corrected chi connectivity index (χ0v) is 10.3. The molecule has 0 heterocycles. The van der Waals surface area contributed by atoms with Gasteiger partial charge in [0.15, 0.2) is 0 Å². The molecule has 17 heavy (non-hydrogen) atoms. The quantitative estimate of drug-likeness (QED) is 0.837. The first kappa shape index (κ1) is 11.9. The van der Waals surface area contributed by atoms with Gasteiger partial charge in [-0.15, -0.1) is 0 Å². The van der Waals surface area contributed by atoms with E-state index in [1.165, 1.54) is 11.1 Å². The topological polar surface area (TPSA) is 20.2 Å². The van der Waals surface area contributed by atoms with Gasteiger partial charge in [-0.25, -0.2) is 0 Å². The Balaban J connectivity index is 2.25. The Kier molecular flexibility index (Phi) is 3.60. The Morgan fingerprint density at radius 1 is 0.765 bits per heavy atom. The van der Waals surface area contributed by atoms with Gasteiger partial charge in [-0.05, 0) is 22.6 Å². The van der Waals surface area contributed by atoms with E-state index in [9.17, 15) is 5.11 Å². The minimum atomic E-state index is -0.375. The zero-order chi connectivity index (χ0) is 12.3. The van der Waals surface area contributed by atoms with Gasteiger partial charge < -0.3 is 5.11 Å². The Morgan fingerprint density at radius 2 is 1.29 bits per heavy atom. The number of hydrogen-bond donors (Lipinski definition) is 1. The van der Waals surface area contributed by atoms with Crippen LogP contribution in [0.1, 0.15) is 25.5 Å². The summed E-state index contributed by atoms with van der Waals surface area (Å²) in [7, 11) is 0. The van der Waals surface area contributed by atoms with Crippen molar-refractivity contribution in [1.29, 1.82) is 0 Å². The average Bonchev–Trinajstić information content (AvgIpc) is 2.39. The maximum absolute atomic E-state index is 9.96. The van der Waals surface area contributed by atoms with Crippen LogP contribution in [-0.4, -0.2) is 5.11 Å². The summed E-state index contributed by atoms with van der Waals surface area (Å²) in [5.74, 6) is 0.248. The maximum atomic E-state index is 9.96. The lowest BCUT2D eigenvalue weighted by Gasteiger charge is -2.15. The van der Waals surface area contributed by atoms with Crippen molar-refractivity contribution in [3.05, 3.63) is 60.2 Å². The maximum Gasteiger partial charge on any atom is 0.0812 e. The van der Waals surface area contributed by atoms with Gasteiger partial charge in [0.2, 0.25) is 0 Å². The Morgan fingerprint density at radius 3 is 1.82 bits per heavy atom. The minimum Gasteiger partial charge on any atom is -0.388 e. The monoisotopic (exact) mass is 226 g/mol. The first-order valence-corrected chi connectivity index (χ1v) is 6.02. The molecule has 0 aliphatic carbocycles. The summed E-state index contributed by atoms with van der Waals surface area (Å²) in [4.78, 5) is 0. The van der Waals surface area contributed by atoms with Crippen LogP contribution in [0.3, 0.4) is 0 Å². The summed E-state index contributed by atoms with van der Waals surface area (Å²) in [5, 5.41) is 9.96. The number of hydrogen-bond acceptors (Lipinski definition) is 1. The predicted octanol–water partition coefficient (Wildman–Crippen LogP) is 4.04. The SMILES string of the molecule is CC(C)C(O)c1ccc(-c2ccccc2)cc1. The predicted molar refractivity (Wildman–Crippen MR) is 71.7 cm³/mol. The van der Waals surface area contributed by atoms with Gasteiger partial charge in [0.1, 0.15) is 0 Å². The van der Waals surface area contributed by atoms with Crippen molar-refractivity contribution in [3.8, 4) is 11.1 Å². The van der Waals surface area contributed by atoms with Gasteiger partial charge in [0, 0.05) is 0 Å². The fourth-order valence-electron chi connectivity index (χ4n) is 1.89. The minimum absolute atomic E-state index is 0.248. The van der Waals surface area contributed by atoms with E-state index in [4.69, 9.17) is 0 Å². The molecular weight excluding hydrogens is 208 g/mol. The molecule has 0 saturated heterocycles. The van der Waals surface area contributed by atoms with Crippen molar-refractivity contribution in [1.82, 2.24) is 0 Å². The highest BCUT2D eigenvalue weighted by Crippen LogP contribution is 2.25. The summed E-state index contributed by atoms with van der Waals surface area (Å²) < 4.78 is 0. The lowest BCUT2D eigenvalue weighted by Crippen LogP contribution is -2.04. The van der Waals surface area contributed by atoms with E-state index >= 15 is 0 Å². The largest absolute Gasteiger partial charge is 0.388 e. The molecule has 2 aromatic carbocycles. The molecule has 0 aliphatic heterocycles. The molecule has 1 N–H and O–H groups in total. The van der Waals surface area contributed by atoms with E-state index in [0.29, 0.717) is 0 Å². The van der Waals surface area contributed by atoms with Crippen molar-refractivity contribution in [2.45, 2.75) is 20.0 Å². The molecule has 0 fully saturated rings. The summed E-state index contributed by atoms with van der Waals surface area (Å²) in [6.07, 6.45) is -0.375. The van der Waals surface area contributed by atoms with Gasteiger partial charge in [0.05, 0.1) is 6.10 Å². The van der Waals surface area contributed by atoms with Crippen LogP contribution in [-0.2, 0) is 0 Å². The Hall–Kier alpha value is -1.60. The standard InChI is InChI=1S/C16H18O/c1-12(2)16(17)15-10-8-14(9-11-15)13-6-4-3-5-7-13/h3-12,16-17H,1-2H3. The normalized spacial score (nSPS) is 12.7. The van der Waals surface area contributed by atoms with Crippen LogP contribution >= 0.6 is 0 Å². The molecule has 1 atom stereocenters. The lowest BCUT2D eigenvalue weighted by molar-refractivity contribution is 0.127. The molecule has 0 aliphatic rings. The van der Waals surface area contributed by atoms with E-state index in [1.54, 1.807) is 0 Å². The molecular formula is C16H18O. The summed E-state index contributed by atoms with van der Waals surface area (Å²) in [6, 6.07) is 18.4. The van der Waals surface area contributed by atoms with Crippen LogP contribution < -0.4 is 0 Å². The molecule has 0 bridgehead atoms. The molecule has 0 radical (unpaired) electrons. The number of rotatable bonds is 3. The third-order valence-corrected chi connectivity index (χ3v) is 2.99. The molecule has 2 aromatic rings. The Labute approximate surface area is 103 Å². The van der Waals surface area contributed by atoms with Gasteiger partial charge in [-0.1, -0.05) is 68.4 Å². The van der Waals surface area contributed by atoms with E-state index in [1.807, 2.05) is 44.2 Å². The summed E-state index contributed by atoms with van der Waals surface area (Å²) in [6.45, 7) is 4.05. The highest BCUT2D eigenvalue weighted by Gasteiger charge is 2.11. The fraction of sp³-hybridized carbons (Fsp3) is 0.250. The van der Waals surface area contributed by atoms with Gasteiger partial charge in [-0.2, -0.15) is 0 Å². The van der Waals surface area contributed by atoms with Crippen molar-refractivity contribution >= 4 is 0 Å². The highest BCUT2D eigenvalue weighted by atomic mass is 16.3. The van der Waals surface area contributed by atoms with Gasteiger partial charge in [0.25, 0.3) is 0 Å². The van der Waals surface area contributed by atoms with Crippen molar-refractivity contribution in [3.63, 3.8) is 0 Å². The number of aliphatic hydroxyl groups is 1. The van der Waals surface area contributed by atoms with Crippen molar-refractivity contribution in [2.24, 2.45) is 5.92 Å². The van der Waals surface area contributed by atoms with Crippen LogP contribution in [0.15, 0.2) is 54.6 Å². The smallest absolute Gasteiger partial charge is 0.0812 e. The molecule has 0 saturated carbocycles. The van der Waals surface area contributed by atoms with E-state index < -0.39 is 0 Å². The van der Waals surface area contributed by atoms with Crippen molar-refractivity contribution < 1.29 is 5.11 Å². The van der Waals surface area contributed by atoms with Crippen LogP contribution in [0.2, 0.25) is 0 Å². The molecule has 0 amide bonds. The molecule has 2 rings (SSSR count). The van der Waals surface area contributed by atoms with E-state index in [0.717, 1.165) is 5.56 Å². The van der Waals surface area contributed by atoms with Gasteiger partial charge >= 0.3 is 0 Å². The molecule has 0 spiro atoms. The van der Waals surface area contributed by atoms with E-state index in [-0.39, 0.29) is 12.0 Å². The highest BCUT2D eigenvalue weighted by molar-refractivity contribution is 5.63. The molecule has 1 nitrogen and oxygen atoms in total. The van der Waals surface area contributed by atoms with Crippen LogP contribution in [0.5, 0.6) is 0 Å². The third-order valence-electron chi connectivity index (χ3n) is 2.99. The summed E-state index contributed by atoms with van der Waals surface area (Å²) in [5.41, 5.74) is 3.38. The molecule has 1 unspecified atom stereocenters. The van der Waals surface area contributed by atoms with Crippen molar-refractivity contribution in [2.75, 3.05) is 0 Å². The van der Waals surface area contributed by atoms with Gasteiger partial charge in [-0.3, -0.25) is 0 Å². The van der Waals surface area contributed by atoms with Crippen LogP contribution in [0, 0.1) is 5.92 Å². The number of benzene rings is 2. The summed E-state index contributed by atoms with van der Waals surface area (Å²) >= 11 is 0. The molecule has 88 valence electrons. The van der Waals surface area contributed by atoms with E-state index in [2.05, 4.69) is 24.3 Å². The first-order valence-electron chi connectivity index (χ1n) is 6.02. The second kappa shape index (κ2) is 5.15. The fourth-order valence-corrected chi connectivity index (χ4v) is 1.89.